The Morgan fingerprint density at radius 2 is 2.42 bits per heavy atom. The fourth-order valence-electron chi connectivity index (χ4n) is 1.26. The predicted octanol–water partition coefficient (Wildman–Crippen LogP) is 1.79. The number of hydrogen-bond acceptors (Lipinski definition) is 2. The third kappa shape index (κ3) is 1.81. The van der Waals surface area contributed by atoms with Gasteiger partial charge in [-0.15, -0.1) is 0 Å². The number of hydrogen-bond donors (Lipinski definition) is 0. The van der Waals surface area contributed by atoms with E-state index in [4.69, 9.17) is 0 Å². The topological polar surface area (TPSA) is 25.8 Å². The molecule has 0 saturated heterocycles. The van der Waals surface area contributed by atoms with Gasteiger partial charge < -0.3 is 0 Å². The molecule has 1 aromatic heterocycles. The van der Waals surface area contributed by atoms with Crippen LogP contribution in [0.5, 0.6) is 0 Å². The summed E-state index contributed by atoms with van der Waals surface area (Å²) in [7, 11) is 0. The van der Waals surface area contributed by atoms with Crippen molar-refractivity contribution < 1.29 is 0 Å². The number of rotatable bonds is 3. The standard InChI is InChI=1S/C10H13N2/c1-2-9-5-6-11-10(12-9)7-8-3-4-8/h5,8H,2-4,7H2,1H3. The zero-order valence-corrected chi connectivity index (χ0v) is 7.38. The molecule has 2 rings (SSSR count). The fraction of sp³-hybridized carbons (Fsp3) is 0.600. The molecule has 63 valence electrons. The summed E-state index contributed by atoms with van der Waals surface area (Å²) in [6.07, 6.45) is 7.67. The first-order valence-corrected chi connectivity index (χ1v) is 4.61. The zero-order valence-electron chi connectivity index (χ0n) is 7.38. The molecule has 2 nitrogen and oxygen atoms in total. The predicted molar refractivity (Wildman–Crippen MR) is 46.7 cm³/mol. The number of aromatic nitrogens is 2. The molecule has 1 heterocycles. The summed E-state index contributed by atoms with van der Waals surface area (Å²) in [5.74, 6) is 1.85. The van der Waals surface area contributed by atoms with Gasteiger partial charge in [0.05, 0.1) is 6.20 Å². The average molecular weight is 161 g/mol. The molecule has 1 radical (unpaired) electrons. The van der Waals surface area contributed by atoms with E-state index < -0.39 is 0 Å². The molecule has 1 aromatic rings. The molecule has 0 aliphatic heterocycles. The van der Waals surface area contributed by atoms with Crippen molar-refractivity contribution in [2.75, 3.05) is 0 Å². The second kappa shape index (κ2) is 3.21. The molecule has 1 saturated carbocycles. The Labute approximate surface area is 73.1 Å². The van der Waals surface area contributed by atoms with Crippen LogP contribution in [-0.4, -0.2) is 9.97 Å². The van der Waals surface area contributed by atoms with Gasteiger partial charge in [-0.3, -0.25) is 0 Å². The van der Waals surface area contributed by atoms with Gasteiger partial charge >= 0.3 is 0 Å². The molecule has 0 unspecified atom stereocenters. The van der Waals surface area contributed by atoms with Gasteiger partial charge in [0.25, 0.3) is 0 Å². The molecule has 0 amide bonds. The quantitative estimate of drug-likeness (QED) is 0.675. The highest BCUT2D eigenvalue weighted by Crippen LogP contribution is 2.31. The Morgan fingerprint density at radius 3 is 3.08 bits per heavy atom. The lowest BCUT2D eigenvalue weighted by molar-refractivity contribution is 0.756. The molecule has 1 aliphatic rings. The van der Waals surface area contributed by atoms with Crippen LogP contribution < -0.4 is 0 Å². The van der Waals surface area contributed by atoms with Crippen molar-refractivity contribution in [2.24, 2.45) is 5.92 Å². The second-order valence-electron chi connectivity index (χ2n) is 3.41. The summed E-state index contributed by atoms with van der Waals surface area (Å²) >= 11 is 0. The van der Waals surface area contributed by atoms with Crippen LogP contribution in [0.1, 0.15) is 31.3 Å². The molecule has 0 spiro atoms. The largest absolute Gasteiger partial charge is 0.238 e. The summed E-state index contributed by atoms with van der Waals surface area (Å²) in [5.41, 5.74) is 1.11. The van der Waals surface area contributed by atoms with Crippen LogP contribution >= 0.6 is 0 Å². The number of aryl methyl sites for hydroxylation is 1. The Morgan fingerprint density at radius 1 is 1.58 bits per heavy atom. The smallest absolute Gasteiger partial charge is 0.129 e. The third-order valence-corrected chi connectivity index (χ3v) is 2.23. The minimum atomic E-state index is 0.866. The molecule has 1 fully saturated rings. The van der Waals surface area contributed by atoms with Crippen LogP contribution in [0, 0.1) is 12.1 Å². The van der Waals surface area contributed by atoms with E-state index in [2.05, 4.69) is 23.1 Å². The third-order valence-electron chi connectivity index (χ3n) is 2.23. The van der Waals surface area contributed by atoms with Gasteiger partial charge in [0.15, 0.2) is 0 Å². The van der Waals surface area contributed by atoms with Gasteiger partial charge in [-0.2, -0.15) is 0 Å². The van der Waals surface area contributed by atoms with Crippen molar-refractivity contribution in [3.63, 3.8) is 0 Å². The van der Waals surface area contributed by atoms with E-state index in [0.717, 1.165) is 30.3 Å². The summed E-state index contributed by atoms with van der Waals surface area (Å²) in [4.78, 5) is 8.56. The lowest BCUT2D eigenvalue weighted by Gasteiger charge is -1.98. The van der Waals surface area contributed by atoms with Gasteiger partial charge in [-0.25, -0.2) is 9.97 Å². The normalized spacial score (nSPS) is 16.4. The summed E-state index contributed by atoms with van der Waals surface area (Å²) in [6, 6.07) is 1.87. The van der Waals surface area contributed by atoms with E-state index in [0.29, 0.717) is 0 Å². The first kappa shape index (κ1) is 7.71. The Kier molecular flexibility index (Phi) is 2.07. The van der Waals surface area contributed by atoms with Gasteiger partial charge in [0.1, 0.15) is 5.82 Å². The average Bonchev–Trinajstić information content (AvgIpc) is 2.89. The van der Waals surface area contributed by atoms with E-state index in [1.807, 2.05) is 6.07 Å². The molecule has 0 bridgehead atoms. The van der Waals surface area contributed by atoms with Gasteiger partial charge in [-0.1, -0.05) is 6.92 Å². The monoisotopic (exact) mass is 161 g/mol. The lowest BCUT2D eigenvalue weighted by Crippen LogP contribution is -1.99. The molecule has 0 atom stereocenters. The van der Waals surface area contributed by atoms with Crippen molar-refractivity contribution in [1.29, 1.82) is 0 Å². The van der Waals surface area contributed by atoms with Gasteiger partial charge in [0, 0.05) is 12.1 Å². The van der Waals surface area contributed by atoms with Crippen molar-refractivity contribution in [3.8, 4) is 0 Å². The highest BCUT2D eigenvalue weighted by atomic mass is 14.9. The molecular weight excluding hydrogens is 148 g/mol. The van der Waals surface area contributed by atoms with Crippen LogP contribution in [0.2, 0.25) is 0 Å². The van der Waals surface area contributed by atoms with Crippen molar-refractivity contribution in [2.45, 2.75) is 32.6 Å². The molecular formula is C10H13N2. The SMILES string of the molecule is CCc1c[c]nc(CC2CC2)n1. The Hall–Kier alpha value is -0.920. The highest BCUT2D eigenvalue weighted by molar-refractivity contribution is 5.02. The van der Waals surface area contributed by atoms with Crippen molar-refractivity contribution >= 4 is 0 Å². The minimum absolute atomic E-state index is 0.866. The van der Waals surface area contributed by atoms with Crippen LogP contribution in [0.3, 0.4) is 0 Å². The first-order chi connectivity index (χ1) is 5.88. The Bertz CT molecular complexity index is 266. The molecule has 12 heavy (non-hydrogen) atoms. The summed E-state index contributed by atoms with van der Waals surface area (Å²) in [5, 5.41) is 0. The van der Waals surface area contributed by atoms with E-state index in [9.17, 15) is 0 Å². The van der Waals surface area contributed by atoms with Crippen molar-refractivity contribution in [3.05, 3.63) is 23.8 Å². The van der Waals surface area contributed by atoms with E-state index in [-0.39, 0.29) is 0 Å². The number of nitrogens with zero attached hydrogens (tertiary/aromatic N) is 2. The van der Waals surface area contributed by atoms with E-state index >= 15 is 0 Å². The highest BCUT2D eigenvalue weighted by Gasteiger charge is 2.22. The zero-order chi connectivity index (χ0) is 8.39. The van der Waals surface area contributed by atoms with Gasteiger partial charge in [0.2, 0.25) is 0 Å². The summed E-state index contributed by atoms with van der Waals surface area (Å²) < 4.78 is 0. The molecule has 1 aliphatic carbocycles. The molecule has 0 N–H and O–H groups in total. The maximum Gasteiger partial charge on any atom is 0.129 e. The van der Waals surface area contributed by atoms with E-state index in [1.54, 1.807) is 0 Å². The summed E-state index contributed by atoms with van der Waals surface area (Å²) in [6.45, 7) is 2.11. The van der Waals surface area contributed by atoms with E-state index in [1.165, 1.54) is 12.8 Å². The Balaban J connectivity index is 2.08. The fourth-order valence-corrected chi connectivity index (χ4v) is 1.26. The van der Waals surface area contributed by atoms with Crippen LogP contribution in [0.4, 0.5) is 0 Å². The van der Waals surface area contributed by atoms with Crippen LogP contribution in [-0.2, 0) is 12.8 Å². The minimum Gasteiger partial charge on any atom is -0.238 e. The second-order valence-corrected chi connectivity index (χ2v) is 3.41. The maximum absolute atomic E-state index is 4.43. The van der Waals surface area contributed by atoms with Crippen molar-refractivity contribution in [1.82, 2.24) is 9.97 Å². The maximum atomic E-state index is 4.43. The molecule has 0 aromatic carbocycles. The van der Waals surface area contributed by atoms with Crippen LogP contribution in [0.15, 0.2) is 6.07 Å². The van der Waals surface area contributed by atoms with Crippen LogP contribution in [0.25, 0.3) is 0 Å². The molecule has 2 heteroatoms. The first-order valence-electron chi connectivity index (χ1n) is 4.61. The lowest BCUT2D eigenvalue weighted by atomic mass is 10.2. The van der Waals surface area contributed by atoms with Gasteiger partial charge in [-0.05, 0) is 31.2 Å².